The second kappa shape index (κ2) is 4.61. The highest BCUT2D eigenvalue weighted by Gasteiger charge is 2.21. The predicted molar refractivity (Wildman–Crippen MR) is 61.6 cm³/mol. The zero-order valence-electron chi connectivity index (χ0n) is 8.16. The smallest absolute Gasteiger partial charge is 0.242 e. The first kappa shape index (κ1) is 10.4. The molecule has 0 saturated carbocycles. The fourth-order valence-electron chi connectivity index (χ4n) is 1.59. The van der Waals surface area contributed by atoms with Crippen molar-refractivity contribution in [2.45, 2.75) is 18.9 Å². The molecule has 5 heteroatoms. The molecule has 1 aromatic heterocycles. The third-order valence-corrected chi connectivity index (χ3v) is 3.02. The maximum atomic E-state index is 11.5. The van der Waals surface area contributed by atoms with Crippen LogP contribution < -0.4 is 10.6 Å². The van der Waals surface area contributed by atoms with Gasteiger partial charge in [-0.1, -0.05) is 0 Å². The van der Waals surface area contributed by atoms with Crippen LogP contribution in [0.4, 0.5) is 5.69 Å². The summed E-state index contributed by atoms with van der Waals surface area (Å²) in [5.74, 6) is 0.0740. The van der Waals surface area contributed by atoms with Crippen LogP contribution in [0.2, 0.25) is 0 Å². The topological polar surface area (TPSA) is 54.0 Å². The number of pyridine rings is 1. The molecule has 0 radical (unpaired) electrons. The summed E-state index contributed by atoms with van der Waals surface area (Å²) >= 11 is 3.39. The number of piperidine rings is 1. The second-order valence-electron chi connectivity index (χ2n) is 3.49. The average Bonchev–Trinajstić information content (AvgIpc) is 2.24. The van der Waals surface area contributed by atoms with Crippen molar-refractivity contribution in [2.24, 2.45) is 0 Å². The van der Waals surface area contributed by atoms with Gasteiger partial charge in [-0.05, 0) is 34.8 Å². The van der Waals surface area contributed by atoms with E-state index in [4.69, 9.17) is 0 Å². The highest BCUT2D eigenvalue weighted by atomic mass is 79.9. The third-order valence-electron chi connectivity index (χ3n) is 2.39. The van der Waals surface area contributed by atoms with Crippen molar-refractivity contribution in [3.8, 4) is 0 Å². The molecule has 0 aromatic carbocycles. The standard InChI is InChI=1S/C10H12BrN3O/c11-7-6-12-5-3-8(7)14-9-2-1-4-13-10(9)15/h3,5-6,9H,1-2,4H2,(H,12,14)(H,13,15). The van der Waals surface area contributed by atoms with Gasteiger partial charge in [0.2, 0.25) is 5.91 Å². The van der Waals surface area contributed by atoms with Crippen molar-refractivity contribution < 1.29 is 4.79 Å². The zero-order chi connectivity index (χ0) is 10.7. The molecule has 80 valence electrons. The highest BCUT2D eigenvalue weighted by molar-refractivity contribution is 9.10. The Morgan fingerprint density at radius 1 is 1.60 bits per heavy atom. The maximum Gasteiger partial charge on any atom is 0.242 e. The Bertz CT molecular complexity index is 369. The van der Waals surface area contributed by atoms with Crippen molar-refractivity contribution in [3.63, 3.8) is 0 Å². The predicted octanol–water partition coefficient (Wildman–Crippen LogP) is 1.53. The van der Waals surface area contributed by atoms with Gasteiger partial charge in [-0.3, -0.25) is 9.78 Å². The normalized spacial score (nSPS) is 20.9. The van der Waals surface area contributed by atoms with Crippen LogP contribution in [0.1, 0.15) is 12.8 Å². The first-order chi connectivity index (χ1) is 7.27. The molecule has 1 fully saturated rings. The number of hydrogen-bond acceptors (Lipinski definition) is 3. The van der Waals surface area contributed by atoms with E-state index in [1.165, 1.54) is 0 Å². The molecule has 1 amide bonds. The van der Waals surface area contributed by atoms with E-state index in [0.717, 1.165) is 29.5 Å². The van der Waals surface area contributed by atoms with E-state index in [9.17, 15) is 4.79 Å². The number of nitrogens with zero attached hydrogens (tertiary/aromatic N) is 1. The van der Waals surface area contributed by atoms with E-state index >= 15 is 0 Å². The lowest BCUT2D eigenvalue weighted by molar-refractivity contribution is -0.123. The third kappa shape index (κ3) is 2.47. The van der Waals surface area contributed by atoms with Gasteiger partial charge in [0.15, 0.2) is 0 Å². The van der Waals surface area contributed by atoms with Crippen molar-refractivity contribution in [1.29, 1.82) is 0 Å². The number of halogens is 1. The molecule has 15 heavy (non-hydrogen) atoms. The van der Waals surface area contributed by atoms with Gasteiger partial charge >= 0.3 is 0 Å². The van der Waals surface area contributed by atoms with Crippen molar-refractivity contribution in [2.75, 3.05) is 11.9 Å². The number of carbonyl (C=O) groups is 1. The molecular weight excluding hydrogens is 258 g/mol. The van der Waals surface area contributed by atoms with E-state index in [1.54, 1.807) is 12.4 Å². The quantitative estimate of drug-likeness (QED) is 0.857. The molecule has 1 unspecified atom stereocenters. The van der Waals surface area contributed by atoms with Gasteiger partial charge in [-0.15, -0.1) is 0 Å². The Hall–Kier alpha value is -1.10. The Balaban J connectivity index is 2.08. The molecule has 1 aromatic rings. The van der Waals surface area contributed by atoms with Gasteiger partial charge < -0.3 is 10.6 Å². The summed E-state index contributed by atoms with van der Waals surface area (Å²) in [4.78, 5) is 15.5. The number of amides is 1. The molecule has 0 aliphatic carbocycles. The molecule has 2 N–H and O–H groups in total. The molecule has 2 rings (SSSR count). The number of nitrogens with one attached hydrogen (secondary N) is 2. The molecule has 1 aliphatic rings. The summed E-state index contributed by atoms with van der Waals surface area (Å²) in [6.07, 6.45) is 5.31. The summed E-state index contributed by atoms with van der Waals surface area (Å²) < 4.78 is 0.878. The van der Waals surface area contributed by atoms with Crippen LogP contribution in [0.3, 0.4) is 0 Å². The van der Waals surface area contributed by atoms with Crippen LogP contribution in [0.15, 0.2) is 22.9 Å². The molecule has 4 nitrogen and oxygen atoms in total. The average molecular weight is 270 g/mol. The van der Waals surface area contributed by atoms with Crippen LogP contribution in [0.5, 0.6) is 0 Å². The Morgan fingerprint density at radius 2 is 2.47 bits per heavy atom. The van der Waals surface area contributed by atoms with Crippen LogP contribution in [-0.4, -0.2) is 23.5 Å². The Morgan fingerprint density at radius 3 is 3.20 bits per heavy atom. The zero-order valence-corrected chi connectivity index (χ0v) is 9.75. The van der Waals surface area contributed by atoms with Gasteiger partial charge in [0.1, 0.15) is 6.04 Å². The summed E-state index contributed by atoms with van der Waals surface area (Å²) in [7, 11) is 0. The van der Waals surface area contributed by atoms with Crippen molar-refractivity contribution >= 4 is 27.5 Å². The van der Waals surface area contributed by atoms with Gasteiger partial charge in [-0.2, -0.15) is 0 Å². The Kier molecular flexibility index (Phi) is 3.20. The van der Waals surface area contributed by atoms with E-state index < -0.39 is 0 Å². The largest absolute Gasteiger partial charge is 0.373 e. The Labute approximate surface area is 96.6 Å². The summed E-state index contributed by atoms with van der Waals surface area (Å²) in [6, 6.07) is 1.73. The number of rotatable bonds is 2. The van der Waals surface area contributed by atoms with Crippen LogP contribution >= 0.6 is 15.9 Å². The van der Waals surface area contributed by atoms with Gasteiger partial charge in [0.05, 0.1) is 10.2 Å². The minimum Gasteiger partial charge on any atom is -0.373 e. The van der Waals surface area contributed by atoms with Crippen LogP contribution in [0.25, 0.3) is 0 Å². The minimum atomic E-state index is -0.127. The lowest BCUT2D eigenvalue weighted by Crippen LogP contribution is -2.44. The first-order valence-corrected chi connectivity index (χ1v) is 5.70. The fraction of sp³-hybridized carbons (Fsp3) is 0.400. The summed E-state index contributed by atoms with van der Waals surface area (Å²) in [5, 5.41) is 6.04. The van der Waals surface area contributed by atoms with E-state index in [2.05, 4.69) is 31.5 Å². The molecule has 0 bridgehead atoms. The fourth-order valence-corrected chi connectivity index (χ4v) is 1.95. The first-order valence-electron chi connectivity index (χ1n) is 4.91. The number of aromatic nitrogens is 1. The number of anilines is 1. The van der Waals surface area contributed by atoms with E-state index in [-0.39, 0.29) is 11.9 Å². The van der Waals surface area contributed by atoms with E-state index in [1.807, 2.05) is 6.07 Å². The second-order valence-corrected chi connectivity index (χ2v) is 4.34. The highest BCUT2D eigenvalue weighted by Crippen LogP contribution is 2.22. The van der Waals surface area contributed by atoms with Gasteiger partial charge in [-0.25, -0.2) is 0 Å². The van der Waals surface area contributed by atoms with Gasteiger partial charge in [0, 0.05) is 18.9 Å². The minimum absolute atomic E-state index is 0.0740. The lowest BCUT2D eigenvalue weighted by atomic mass is 10.1. The molecular formula is C10H12BrN3O. The number of hydrogen-bond donors (Lipinski definition) is 2. The molecule has 1 saturated heterocycles. The van der Waals surface area contributed by atoms with E-state index in [0.29, 0.717) is 0 Å². The lowest BCUT2D eigenvalue weighted by Gasteiger charge is -2.24. The van der Waals surface area contributed by atoms with Crippen LogP contribution in [-0.2, 0) is 4.79 Å². The summed E-state index contributed by atoms with van der Waals surface area (Å²) in [5.41, 5.74) is 0.909. The van der Waals surface area contributed by atoms with Gasteiger partial charge in [0.25, 0.3) is 0 Å². The number of carbonyl (C=O) groups excluding carboxylic acids is 1. The monoisotopic (exact) mass is 269 g/mol. The van der Waals surface area contributed by atoms with Crippen molar-refractivity contribution in [1.82, 2.24) is 10.3 Å². The molecule has 0 spiro atoms. The molecule has 2 heterocycles. The molecule has 1 atom stereocenters. The maximum absolute atomic E-state index is 11.5. The van der Waals surface area contributed by atoms with Crippen molar-refractivity contribution in [3.05, 3.63) is 22.9 Å². The molecule has 1 aliphatic heterocycles. The summed E-state index contributed by atoms with van der Waals surface area (Å²) in [6.45, 7) is 0.786. The van der Waals surface area contributed by atoms with Crippen LogP contribution in [0, 0.1) is 0 Å². The SMILES string of the molecule is O=C1NCCCC1Nc1ccncc1Br.